The van der Waals surface area contributed by atoms with Crippen molar-refractivity contribution in [1.82, 2.24) is 0 Å². The summed E-state index contributed by atoms with van der Waals surface area (Å²) in [6.07, 6.45) is 0. The summed E-state index contributed by atoms with van der Waals surface area (Å²) < 4.78 is 13.1. The molecule has 0 spiro atoms. The molecule has 0 aliphatic heterocycles. The minimum Gasteiger partial charge on any atom is -0.442 e. The van der Waals surface area contributed by atoms with Crippen LogP contribution in [0, 0.1) is 0 Å². The number of benzene rings is 2. The highest BCUT2D eigenvalue weighted by atomic mass is 29.2. The maximum atomic E-state index is 6.93. The topological polar surface area (TPSA) is 18.5 Å². The third-order valence-electron chi connectivity index (χ3n) is 4.03. The Hall–Kier alpha value is -0.772. The second-order valence-corrected chi connectivity index (χ2v) is 22.6. The first-order valence-electron chi connectivity index (χ1n) is 8.41. The van der Waals surface area contributed by atoms with Crippen LogP contribution in [0.4, 0.5) is 0 Å². The highest BCUT2D eigenvalue weighted by molar-refractivity contribution is 7.41. The van der Waals surface area contributed by atoms with E-state index >= 15 is 0 Å². The van der Waals surface area contributed by atoms with E-state index in [4.69, 9.17) is 8.23 Å². The first kappa shape index (κ1) is 18.6. The summed E-state index contributed by atoms with van der Waals surface area (Å²) in [6.45, 7) is 11.5. The van der Waals surface area contributed by atoms with Crippen molar-refractivity contribution in [2.24, 2.45) is 0 Å². The fourth-order valence-corrected chi connectivity index (χ4v) is 23.6. The minimum absolute atomic E-state index is 1.06. The van der Waals surface area contributed by atoms with E-state index < -0.39 is 34.5 Å². The molecule has 2 rings (SSSR count). The van der Waals surface area contributed by atoms with Gasteiger partial charge in [0.1, 0.15) is 0 Å². The van der Waals surface area contributed by atoms with Crippen molar-refractivity contribution in [1.29, 1.82) is 0 Å². The Morgan fingerprint density at radius 2 is 1.13 bits per heavy atom. The number of hydrogen-bond acceptors (Lipinski definition) is 2. The van der Waals surface area contributed by atoms with Gasteiger partial charge in [-0.3, -0.25) is 0 Å². The van der Waals surface area contributed by atoms with Gasteiger partial charge in [-0.25, -0.2) is 0 Å². The summed E-state index contributed by atoms with van der Waals surface area (Å²) in [4.78, 5) is 0. The van der Waals surface area contributed by atoms with Crippen LogP contribution >= 0.6 is 0 Å². The predicted molar refractivity (Wildman–Crippen MR) is 111 cm³/mol. The molecule has 0 aliphatic rings. The van der Waals surface area contributed by atoms with E-state index in [0.29, 0.717) is 0 Å². The van der Waals surface area contributed by atoms with Gasteiger partial charge in [0.05, 0.1) is 8.31 Å². The molecule has 1 atom stereocenters. The zero-order valence-electron chi connectivity index (χ0n) is 14.8. The van der Waals surface area contributed by atoms with Gasteiger partial charge >= 0.3 is 0 Å². The lowest BCUT2D eigenvalue weighted by Crippen LogP contribution is -2.71. The van der Waals surface area contributed by atoms with Crippen molar-refractivity contribution in [2.75, 3.05) is 0 Å². The van der Waals surface area contributed by atoms with Crippen LogP contribution in [0.3, 0.4) is 0 Å². The van der Waals surface area contributed by atoms with Crippen LogP contribution in [0.5, 0.6) is 0 Å². The number of rotatable bonds is 7. The fraction of sp³-hybridized carbons (Fsp3) is 0.294. The molecule has 0 fully saturated rings. The molecule has 6 heteroatoms. The SMILES string of the molecule is C[SiH](C)O[SiH](C)O[Si](c1ccccc1)(c1ccccc1)[SiH](C)C. The smallest absolute Gasteiger partial charge is 0.297 e. The van der Waals surface area contributed by atoms with E-state index in [-0.39, 0.29) is 0 Å². The van der Waals surface area contributed by atoms with E-state index in [1.54, 1.807) is 0 Å². The average Bonchev–Trinajstić information content (AvgIpc) is 2.53. The van der Waals surface area contributed by atoms with E-state index in [1.807, 2.05) is 0 Å². The maximum Gasteiger partial charge on any atom is 0.297 e. The highest BCUT2D eigenvalue weighted by Gasteiger charge is 2.44. The summed E-state index contributed by atoms with van der Waals surface area (Å²) in [5, 5.41) is 2.81. The zero-order chi connectivity index (χ0) is 16.9. The molecule has 2 aromatic carbocycles. The molecule has 0 saturated carbocycles. The lowest BCUT2D eigenvalue weighted by molar-refractivity contribution is 0.449. The van der Waals surface area contributed by atoms with Crippen molar-refractivity contribution in [2.45, 2.75) is 32.7 Å². The Bertz CT molecular complexity index is 551. The van der Waals surface area contributed by atoms with Gasteiger partial charge in [0.2, 0.25) is 7.83 Å². The Kier molecular flexibility index (Phi) is 6.75. The molecule has 1 unspecified atom stereocenters. The van der Waals surface area contributed by atoms with Gasteiger partial charge in [0.15, 0.2) is 9.04 Å². The molecule has 0 amide bonds. The van der Waals surface area contributed by atoms with Gasteiger partial charge in [0, 0.05) is 0 Å². The minimum atomic E-state index is -2.16. The van der Waals surface area contributed by atoms with Crippen LogP contribution in [-0.4, -0.2) is 34.5 Å². The fourth-order valence-electron chi connectivity index (χ4n) is 3.15. The largest absolute Gasteiger partial charge is 0.442 e. The Morgan fingerprint density at radius 1 is 0.696 bits per heavy atom. The quantitative estimate of drug-likeness (QED) is 0.690. The van der Waals surface area contributed by atoms with Gasteiger partial charge in [-0.2, -0.15) is 0 Å². The molecule has 0 saturated heterocycles. The molecule has 124 valence electrons. The van der Waals surface area contributed by atoms with E-state index in [9.17, 15) is 0 Å². The normalized spacial score (nSPS) is 13.5. The van der Waals surface area contributed by atoms with Gasteiger partial charge in [0.25, 0.3) is 9.28 Å². The molecular weight excluding hydrogens is 349 g/mol. The molecule has 0 heterocycles. The predicted octanol–water partition coefficient (Wildman–Crippen LogP) is 2.18. The first-order chi connectivity index (χ1) is 11.0. The zero-order valence-corrected chi connectivity index (χ0v) is 19.3. The lowest BCUT2D eigenvalue weighted by atomic mass is 10.4. The second-order valence-electron chi connectivity index (χ2n) is 6.49. The monoisotopic (exact) mass is 376 g/mol. The van der Waals surface area contributed by atoms with Gasteiger partial charge < -0.3 is 8.23 Å². The van der Waals surface area contributed by atoms with Crippen molar-refractivity contribution in [3.8, 4) is 0 Å². The average molecular weight is 377 g/mol. The Balaban J connectivity index is 2.52. The molecule has 23 heavy (non-hydrogen) atoms. The van der Waals surface area contributed by atoms with Crippen LogP contribution < -0.4 is 10.4 Å². The molecule has 2 aromatic rings. The summed E-state index contributed by atoms with van der Waals surface area (Å²) in [7, 11) is -5.93. The molecule has 0 aromatic heterocycles. The molecule has 2 nitrogen and oxygen atoms in total. The molecule has 0 aliphatic carbocycles. The molecule has 0 N–H and O–H groups in total. The maximum absolute atomic E-state index is 6.93. The second kappa shape index (κ2) is 8.36. The standard InChI is InChI=1S/C17H28O2Si4/c1-20(2)18-22(5)19-23(21(3)4,16-12-8-6-9-13-16)17-14-10-7-11-15-17/h6-15,20-22H,1-5H3. The first-order valence-corrected chi connectivity index (χ1v) is 19.3. The summed E-state index contributed by atoms with van der Waals surface area (Å²) in [5.41, 5.74) is 0. The van der Waals surface area contributed by atoms with Gasteiger partial charge in [-0.05, 0) is 30.0 Å². The summed E-state index contributed by atoms with van der Waals surface area (Å²) in [5.74, 6) is 0. The van der Waals surface area contributed by atoms with Gasteiger partial charge in [-0.15, -0.1) is 0 Å². The van der Waals surface area contributed by atoms with E-state index in [0.717, 1.165) is 0 Å². The van der Waals surface area contributed by atoms with Crippen LogP contribution in [0.2, 0.25) is 32.7 Å². The van der Waals surface area contributed by atoms with Crippen molar-refractivity contribution in [3.05, 3.63) is 60.7 Å². The van der Waals surface area contributed by atoms with Crippen LogP contribution in [-0.2, 0) is 8.23 Å². The van der Waals surface area contributed by atoms with Gasteiger partial charge in [-0.1, -0.05) is 73.8 Å². The van der Waals surface area contributed by atoms with Crippen LogP contribution in [0.25, 0.3) is 0 Å². The van der Waals surface area contributed by atoms with Crippen molar-refractivity contribution >= 4 is 44.8 Å². The van der Waals surface area contributed by atoms with E-state index in [1.165, 1.54) is 10.4 Å². The molecular formula is C17H28O2Si4. The lowest BCUT2D eigenvalue weighted by Gasteiger charge is -2.38. The molecule has 0 radical (unpaired) electrons. The Morgan fingerprint density at radius 3 is 1.48 bits per heavy atom. The van der Waals surface area contributed by atoms with Crippen molar-refractivity contribution < 1.29 is 8.23 Å². The Labute approximate surface area is 146 Å². The van der Waals surface area contributed by atoms with Crippen LogP contribution in [0.15, 0.2) is 60.7 Å². The summed E-state index contributed by atoms with van der Waals surface area (Å²) >= 11 is 0. The number of hydrogen-bond donors (Lipinski definition) is 0. The highest BCUT2D eigenvalue weighted by Crippen LogP contribution is 2.14. The van der Waals surface area contributed by atoms with Crippen molar-refractivity contribution in [3.63, 3.8) is 0 Å². The van der Waals surface area contributed by atoms with E-state index in [2.05, 4.69) is 93.4 Å². The van der Waals surface area contributed by atoms with Crippen LogP contribution in [0.1, 0.15) is 0 Å². The molecule has 0 bridgehead atoms. The third kappa shape index (κ3) is 4.40. The third-order valence-corrected chi connectivity index (χ3v) is 22.7. The summed E-state index contributed by atoms with van der Waals surface area (Å²) in [6, 6.07) is 21.8.